The summed E-state index contributed by atoms with van der Waals surface area (Å²) in [5.41, 5.74) is 3.86. The van der Waals surface area contributed by atoms with Crippen LogP contribution in [0.4, 0.5) is 10.5 Å². The van der Waals surface area contributed by atoms with E-state index >= 15 is 0 Å². The molecule has 1 aliphatic carbocycles. The molecule has 156 valence electrons. The lowest BCUT2D eigenvalue weighted by molar-refractivity contribution is -0.116. The van der Waals surface area contributed by atoms with Crippen LogP contribution in [0.3, 0.4) is 0 Å². The lowest BCUT2D eigenvalue weighted by Crippen LogP contribution is -2.40. The van der Waals surface area contributed by atoms with E-state index in [0.29, 0.717) is 0 Å². The first-order chi connectivity index (χ1) is 14.6. The number of alkyl carbamates (subject to hydrolysis) is 1. The van der Waals surface area contributed by atoms with E-state index in [2.05, 4.69) is 5.32 Å². The number of hydrogen-bond donors (Lipinski definition) is 1. The number of likely N-dealkylation sites (N-methyl/N-ethyl adjacent to an activating group) is 1. The Bertz CT molecular complexity index is 942. The van der Waals surface area contributed by atoms with Gasteiger partial charge in [0.1, 0.15) is 13.2 Å². The fourth-order valence-electron chi connectivity index (χ4n) is 4.31. The van der Waals surface area contributed by atoms with Crippen molar-refractivity contribution in [3.05, 3.63) is 65.7 Å². The second-order valence-corrected chi connectivity index (χ2v) is 7.94. The van der Waals surface area contributed by atoms with Gasteiger partial charge < -0.3 is 15.0 Å². The molecule has 2 unspecified atom stereocenters. The van der Waals surface area contributed by atoms with Crippen LogP contribution in [0, 0.1) is 5.92 Å². The highest BCUT2D eigenvalue weighted by Crippen LogP contribution is 2.32. The number of aliphatic imine (C=N–C) groups is 1. The SMILES string of the molecule is CN1C(=O)CN=C(C2CCCC(NC(=O)OCc3ccccc3)C2)c2ccccc21. The Balaban J connectivity index is 1.42. The molecule has 2 aromatic carbocycles. The molecule has 1 saturated carbocycles. The van der Waals surface area contributed by atoms with E-state index < -0.39 is 0 Å². The fraction of sp³-hybridized carbons (Fsp3) is 0.375. The van der Waals surface area contributed by atoms with Crippen molar-refractivity contribution >= 4 is 23.4 Å². The molecule has 0 bridgehead atoms. The van der Waals surface area contributed by atoms with Gasteiger partial charge in [0.25, 0.3) is 0 Å². The van der Waals surface area contributed by atoms with E-state index in [1.54, 1.807) is 11.9 Å². The number of benzodiazepines with no additional fused rings is 1. The highest BCUT2D eigenvalue weighted by molar-refractivity contribution is 6.12. The Morgan fingerprint density at radius 1 is 1.13 bits per heavy atom. The molecule has 0 spiro atoms. The average molecular weight is 405 g/mol. The minimum absolute atomic E-state index is 0.00701. The van der Waals surface area contributed by atoms with E-state index in [4.69, 9.17) is 9.73 Å². The van der Waals surface area contributed by atoms with Crippen molar-refractivity contribution in [2.75, 3.05) is 18.5 Å². The normalized spacial score (nSPS) is 21.3. The monoisotopic (exact) mass is 405 g/mol. The van der Waals surface area contributed by atoms with Crippen molar-refractivity contribution in [2.45, 2.75) is 38.3 Å². The second-order valence-electron chi connectivity index (χ2n) is 7.94. The third-order valence-electron chi connectivity index (χ3n) is 5.90. The Hall–Kier alpha value is -3.15. The van der Waals surface area contributed by atoms with E-state index in [1.807, 2.05) is 54.6 Å². The largest absolute Gasteiger partial charge is 0.445 e. The van der Waals surface area contributed by atoms with Crippen LogP contribution in [0.25, 0.3) is 0 Å². The summed E-state index contributed by atoms with van der Waals surface area (Å²) in [6, 6.07) is 17.6. The maximum absolute atomic E-state index is 12.3. The van der Waals surface area contributed by atoms with Gasteiger partial charge in [-0.2, -0.15) is 0 Å². The molecule has 2 aromatic rings. The molecule has 1 N–H and O–H groups in total. The molecule has 6 heteroatoms. The highest BCUT2D eigenvalue weighted by atomic mass is 16.5. The summed E-state index contributed by atoms with van der Waals surface area (Å²) in [5, 5.41) is 3.02. The lowest BCUT2D eigenvalue weighted by atomic mass is 9.80. The van der Waals surface area contributed by atoms with E-state index in [1.165, 1.54) is 0 Å². The van der Waals surface area contributed by atoms with Crippen molar-refractivity contribution in [1.82, 2.24) is 5.32 Å². The van der Waals surface area contributed by atoms with Gasteiger partial charge in [-0.15, -0.1) is 0 Å². The number of hydrogen-bond acceptors (Lipinski definition) is 4. The number of nitrogens with zero attached hydrogens (tertiary/aromatic N) is 2. The van der Waals surface area contributed by atoms with E-state index in [0.717, 1.165) is 48.2 Å². The zero-order valence-corrected chi connectivity index (χ0v) is 17.2. The summed E-state index contributed by atoms with van der Waals surface area (Å²) < 4.78 is 5.38. The van der Waals surface area contributed by atoms with Crippen LogP contribution in [0.5, 0.6) is 0 Å². The number of rotatable bonds is 4. The van der Waals surface area contributed by atoms with Gasteiger partial charge in [-0.3, -0.25) is 9.79 Å². The van der Waals surface area contributed by atoms with Gasteiger partial charge in [0.2, 0.25) is 5.91 Å². The van der Waals surface area contributed by atoms with E-state index in [-0.39, 0.29) is 37.1 Å². The minimum atomic E-state index is -0.386. The topological polar surface area (TPSA) is 71.0 Å². The Kier molecular flexibility index (Phi) is 6.12. The Morgan fingerprint density at radius 3 is 2.73 bits per heavy atom. The molecule has 2 aliphatic rings. The Labute approximate surface area is 176 Å². The first kappa shape index (κ1) is 20.1. The summed E-state index contributed by atoms with van der Waals surface area (Å²) in [7, 11) is 1.80. The molecule has 0 radical (unpaired) electrons. The average Bonchev–Trinajstić information content (AvgIpc) is 2.90. The number of carbonyl (C=O) groups is 2. The van der Waals surface area contributed by atoms with Crippen LogP contribution in [-0.2, 0) is 16.1 Å². The van der Waals surface area contributed by atoms with Crippen LogP contribution in [-0.4, -0.2) is 37.3 Å². The number of para-hydroxylation sites is 1. The molecule has 1 fully saturated rings. The Morgan fingerprint density at radius 2 is 1.90 bits per heavy atom. The molecule has 30 heavy (non-hydrogen) atoms. The zero-order valence-electron chi connectivity index (χ0n) is 17.2. The molecule has 0 aromatic heterocycles. The maximum Gasteiger partial charge on any atom is 0.407 e. The van der Waals surface area contributed by atoms with Crippen molar-refractivity contribution in [2.24, 2.45) is 10.9 Å². The van der Waals surface area contributed by atoms with Crippen LogP contribution in [0.15, 0.2) is 59.6 Å². The molecule has 1 aliphatic heterocycles. The molecule has 2 atom stereocenters. The molecular formula is C24H27N3O3. The number of ether oxygens (including phenoxy) is 1. The number of fused-ring (bicyclic) bond motifs is 1. The van der Waals surface area contributed by atoms with Gasteiger partial charge in [0.05, 0.1) is 5.69 Å². The zero-order chi connectivity index (χ0) is 20.9. The third kappa shape index (κ3) is 4.53. The molecule has 4 rings (SSSR count). The third-order valence-corrected chi connectivity index (χ3v) is 5.90. The molecule has 1 heterocycles. The highest BCUT2D eigenvalue weighted by Gasteiger charge is 2.31. The van der Waals surface area contributed by atoms with Gasteiger partial charge in [0.15, 0.2) is 0 Å². The standard InChI is InChI=1S/C24H27N3O3/c1-27-21-13-6-5-12-20(21)23(25-15-22(27)28)18-10-7-11-19(14-18)26-24(29)30-16-17-8-3-2-4-9-17/h2-6,8-9,12-13,18-19H,7,10-11,14-16H2,1H3,(H,26,29). The number of nitrogens with one attached hydrogen (secondary N) is 1. The second kappa shape index (κ2) is 9.11. The van der Waals surface area contributed by atoms with Crippen LogP contribution >= 0.6 is 0 Å². The summed E-state index contributed by atoms with van der Waals surface area (Å²) in [6.07, 6.45) is 3.33. The van der Waals surface area contributed by atoms with Crippen LogP contribution in [0.1, 0.15) is 36.8 Å². The molecule has 2 amide bonds. The van der Waals surface area contributed by atoms with Crippen LogP contribution < -0.4 is 10.2 Å². The first-order valence-corrected chi connectivity index (χ1v) is 10.5. The molecule has 6 nitrogen and oxygen atoms in total. The van der Waals surface area contributed by atoms with Crippen molar-refractivity contribution in [3.8, 4) is 0 Å². The number of carbonyl (C=O) groups excluding carboxylic acids is 2. The van der Waals surface area contributed by atoms with Gasteiger partial charge >= 0.3 is 6.09 Å². The van der Waals surface area contributed by atoms with E-state index in [9.17, 15) is 9.59 Å². The van der Waals surface area contributed by atoms with Gasteiger partial charge in [0, 0.05) is 30.3 Å². The predicted octanol–water partition coefficient (Wildman–Crippen LogP) is 3.94. The quantitative estimate of drug-likeness (QED) is 0.838. The molecular weight excluding hydrogens is 378 g/mol. The van der Waals surface area contributed by atoms with Crippen molar-refractivity contribution < 1.29 is 14.3 Å². The van der Waals surface area contributed by atoms with Gasteiger partial charge in [-0.05, 0) is 30.9 Å². The smallest absolute Gasteiger partial charge is 0.407 e. The minimum Gasteiger partial charge on any atom is -0.445 e. The van der Waals surface area contributed by atoms with Gasteiger partial charge in [-0.25, -0.2) is 4.79 Å². The van der Waals surface area contributed by atoms with Crippen molar-refractivity contribution in [3.63, 3.8) is 0 Å². The van der Waals surface area contributed by atoms with Crippen molar-refractivity contribution in [1.29, 1.82) is 0 Å². The molecule has 0 saturated heterocycles. The summed E-state index contributed by atoms with van der Waals surface area (Å²) in [4.78, 5) is 31.0. The van der Waals surface area contributed by atoms with Gasteiger partial charge in [-0.1, -0.05) is 55.0 Å². The van der Waals surface area contributed by atoms with Crippen LogP contribution in [0.2, 0.25) is 0 Å². The number of anilines is 1. The fourth-order valence-corrected chi connectivity index (χ4v) is 4.31. The summed E-state index contributed by atoms with van der Waals surface area (Å²) in [5.74, 6) is 0.200. The lowest BCUT2D eigenvalue weighted by Gasteiger charge is -2.31. The number of benzene rings is 2. The summed E-state index contributed by atoms with van der Waals surface area (Å²) in [6.45, 7) is 0.422. The first-order valence-electron chi connectivity index (χ1n) is 10.5. The summed E-state index contributed by atoms with van der Waals surface area (Å²) >= 11 is 0. The number of amides is 2. The predicted molar refractivity (Wildman–Crippen MR) is 117 cm³/mol. The maximum atomic E-state index is 12.3.